The number of halogens is 1. The molecule has 1 aromatic rings. The first-order chi connectivity index (χ1) is 10.3. The normalized spacial score (nSPS) is 18.0. The summed E-state index contributed by atoms with van der Waals surface area (Å²) in [5, 5.41) is 0.739. The Labute approximate surface area is 132 Å². The Kier molecular flexibility index (Phi) is 4.65. The van der Waals surface area contributed by atoms with Crippen molar-refractivity contribution in [1.29, 1.82) is 0 Å². The number of piperazine rings is 1. The molecule has 1 amide bonds. The minimum Gasteiger partial charge on any atom is -0.454 e. The van der Waals surface area contributed by atoms with Crippen LogP contribution in [0.4, 0.5) is 0 Å². The predicted octanol–water partition coefficient (Wildman–Crippen LogP) is 1.84. The van der Waals surface area contributed by atoms with Gasteiger partial charge in [-0.15, -0.1) is 0 Å². The summed E-state index contributed by atoms with van der Waals surface area (Å²) in [5.74, 6) is 1.90. The number of carbonyl (C=O) groups excluding carboxylic acids is 1. The van der Waals surface area contributed by atoms with E-state index >= 15 is 0 Å². The van der Waals surface area contributed by atoms with Gasteiger partial charge < -0.3 is 14.4 Å². The molecule has 1 fully saturated rings. The van der Waals surface area contributed by atoms with E-state index in [0.29, 0.717) is 13.2 Å². The number of hydrogen-bond donors (Lipinski definition) is 0. The van der Waals surface area contributed by atoms with E-state index in [2.05, 4.69) is 26.9 Å². The summed E-state index contributed by atoms with van der Waals surface area (Å²) in [7, 11) is 0. The van der Waals surface area contributed by atoms with Gasteiger partial charge in [-0.25, -0.2) is 0 Å². The molecule has 1 saturated heterocycles. The Morgan fingerprint density at radius 2 is 1.90 bits per heavy atom. The van der Waals surface area contributed by atoms with Gasteiger partial charge in [0.25, 0.3) is 0 Å². The predicted molar refractivity (Wildman–Crippen MR) is 82.8 cm³/mol. The first kappa shape index (κ1) is 14.7. The first-order valence-electron chi connectivity index (χ1n) is 7.21. The molecule has 0 atom stereocenters. The van der Waals surface area contributed by atoms with Crippen molar-refractivity contribution in [2.75, 3.05) is 38.3 Å². The van der Waals surface area contributed by atoms with Crippen molar-refractivity contribution in [1.82, 2.24) is 9.80 Å². The Morgan fingerprint density at radius 1 is 1.14 bits per heavy atom. The molecule has 0 saturated carbocycles. The van der Waals surface area contributed by atoms with E-state index in [1.807, 2.05) is 17.0 Å². The third-order valence-corrected chi connectivity index (χ3v) is 4.27. The van der Waals surface area contributed by atoms with Crippen LogP contribution in [0.25, 0.3) is 0 Å². The van der Waals surface area contributed by atoms with Gasteiger partial charge in [0.2, 0.25) is 12.7 Å². The number of ether oxygens (including phenoxy) is 2. The van der Waals surface area contributed by atoms with Crippen molar-refractivity contribution < 1.29 is 14.3 Å². The van der Waals surface area contributed by atoms with Crippen molar-refractivity contribution in [3.63, 3.8) is 0 Å². The fourth-order valence-electron chi connectivity index (χ4n) is 2.69. The number of hydrogen-bond acceptors (Lipinski definition) is 4. The summed E-state index contributed by atoms with van der Waals surface area (Å²) >= 11 is 3.32. The van der Waals surface area contributed by atoms with Gasteiger partial charge in [0.1, 0.15) is 0 Å². The van der Waals surface area contributed by atoms with Crippen LogP contribution >= 0.6 is 15.9 Å². The van der Waals surface area contributed by atoms with Crippen molar-refractivity contribution >= 4 is 21.8 Å². The maximum Gasteiger partial charge on any atom is 0.231 e. The standard InChI is InChI=1S/C15H19BrN2O3/c16-4-3-15(19)18-7-5-17(6-8-18)10-12-1-2-13-14(9-12)21-11-20-13/h1-2,9H,3-8,10-11H2. The van der Waals surface area contributed by atoms with Crippen LogP contribution in [0.1, 0.15) is 12.0 Å². The number of benzene rings is 1. The summed E-state index contributed by atoms with van der Waals surface area (Å²) in [5.41, 5.74) is 1.22. The number of alkyl halides is 1. The van der Waals surface area contributed by atoms with E-state index in [-0.39, 0.29) is 5.91 Å². The van der Waals surface area contributed by atoms with E-state index < -0.39 is 0 Å². The Hall–Kier alpha value is -1.27. The highest BCUT2D eigenvalue weighted by Crippen LogP contribution is 2.32. The second-order valence-electron chi connectivity index (χ2n) is 5.28. The lowest BCUT2D eigenvalue weighted by molar-refractivity contribution is -0.132. The SMILES string of the molecule is O=C(CCBr)N1CCN(Cc2ccc3c(c2)OCO3)CC1. The molecule has 0 spiro atoms. The third-order valence-electron chi connectivity index (χ3n) is 3.88. The van der Waals surface area contributed by atoms with Crippen LogP contribution in [0.5, 0.6) is 11.5 Å². The lowest BCUT2D eigenvalue weighted by Gasteiger charge is -2.34. The Balaban J connectivity index is 1.52. The fraction of sp³-hybridized carbons (Fsp3) is 0.533. The summed E-state index contributed by atoms with van der Waals surface area (Å²) in [4.78, 5) is 16.2. The van der Waals surface area contributed by atoms with Gasteiger partial charge in [-0.05, 0) is 17.7 Å². The highest BCUT2D eigenvalue weighted by Gasteiger charge is 2.21. The van der Waals surface area contributed by atoms with E-state index in [4.69, 9.17) is 9.47 Å². The van der Waals surface area contributed by atoms with Crippen LogP contribution in [-0.4, -0.2) is 54.0 Å². The molecular weight excluding hydrogens is 336 g/mol. The monoisotopic (exact) mass is 354 g/mol. The summed E-state index contributed by atoms with van der Waals surface area (Å²) in [6.45, 7) is 4.67. The van der Waals surface area contributed by atoms with Crippen LogP contribution < -0.4 is 9.47 Å². The quantitative estimate of drug-likeness (QED) is 0.773. The average molecular weight is 355 g/mol. The molecule has 6 heteroatoms. The molecule has 2 heterocycles. The molecule has 0 N–H and O–H groups in total. The molecule has 3 rings (SSSR count). The lowest BCUT2D eigenvalue weighted by atomic mass is 10.1. The second kappa shape index (κ2) is 6.66. The largest absolute Gasteiger partial charge is 0.454 e. The van der Waals surface area contributed by atoms with E-state index in [0.717, 1.165) is 49.6 Å². The van der Waals surface area contributed by atoms with Crippen molar-refractivity contribution in [2.24, 2.45) is 0 Å². The summed E-state index contributed by atoms with van der Waals surface area (Å²) < 4.78 is 10.7. The molecule has 0 aromatic heterocycles. The topological polar surface area (TPSA) is 42.0 Å². The number of rotatable bonds is 4. The van der Waals surface area contributed by atoms with Gasteiger partial charge in [0.15, 0.2) is 11.5 Å². The zero-order chi connectivity index (χ0) is 14.7. The minimum atomic E-state index is 0.245. The summed E-state index contributed by atoms with van der Waals surface area (Å²) in [6.07, 6.45) is 0.585. The average Bonchev–Trinajstić information content (AvgIpc) is 2.96. The molecule has 2 aliphatic heterocycles. The molecule has 2 aliphatic rings. The number of amides is 1. The van der Waals surface area contributed by atoms with Crippen LogP contribution in [-0.2, 0) is 11.3 Å². The van der Waals surface area contributed by atoms with E-state index in [9.17, 15) is 4.79 Å². The van der Waals surface area contributed by atoms with Crippen LogP contribution in [0.3, 0.4) is 0 Å². The first-order valence-corrected chi connectivity index (χ1v) is 8.33. The van der Waals surface area contributed by atoms with E-state index in [1.165, 1.54) is 5.56 Å². The molecule has 21 heavy (non-hydrogen) atoms. The van der Waals surface area contributed by atoms with Crippen molar-refractivity contribution in [3.8, 4) is 11.5 Å². The molecule has 1 aromatic carbocycles. The fourth-order valence-corrected chi connectivity index (χ4v) is 3.03. The van der Waals surface area contributed by atoms with Gasteiger partial charge >= 0.3 is 0 Å². The van der Waals surface area contributed by atoms with Crippen molar-refractivity contribution in [3.05, 3.63) is 23.8 Å². The molecule has 0 unspecified atom stereocenters. The second-order valence-corrected chi connectivity index (χ2v) is 6.08. The van der Waals surface area contributed by atoms with Gasteiger partial charge in [-0.3, -0.25) is 9.69 Å². The summed E-state index contributed by atoms with van der Waals surface area (Å²) in [6, 6.07) is 6.09. The van der Waals surface area contributed by atoms with Crippen LogP contribution in [0.2, 0.25) is 0 Å². The molecule has 5 nitrogen and oxygen atoms in total. The molecule has 0 radical (unpaired) electrons. The van der Waals surface area contributed by atoms with E-state index in [1.54, 1.807) is 0 Å². The molecule has 0 aliphatic carbocycles. The maximum absolute atomic E-state index is 11.8. The maximum atomic E-state index is 11.8. The van der Waals surface area contributed by atoms with Crippen LogP contribution in [0.15, 0.2) is 18.2 Å². The smallest absolute Gasteiger partial charge is 0.231 e. The van der Waals surface area contributed by atoms with Gasteiger partial charge in [0, 0.05) is 44.5 Å². The van der Waals surface area contributed by atoms with Gasteiger partial charge in [-0.1, -0.05) is 22.0 Å². The Morgan fingerprint density at radius 3 is 2.67 bits per heavy atom. The van der Waals surface area contributed by atoms with Gasteiger partial charge in [0.05, 0.1) is 0 Å². The lowest BCUT2D eigenvalue weighted by Crippen LogP contribution is -2.48. The van der Waals surface area contributed by atoms with Crippen molar-refractivity contribution in [2.45, 2.75) is 13.0 Å². The number of nitrogens with zero attached hydrogens (tertiary/aromatic N) is 2. The number of fused-ring (bicyclic) bond motifs is 1. The van der Waals surface area contributed by atoms with Crippen LogP contribution in [0, 0.1) is 0 Å². The molecule has 0 bridgehead atoms. The number of carbonyl (C=O) groups is 1. The highest BCUT2D eigenvalue weighted by atomic mass is 79.9. The molecule has 114 valence electrons. The zero-order valence-electron chi connectivity index (χ0n) is 11.9. The van der Waals surface area contributed by atoms with Gasteiger partial charge in [-0.2, -0.15) is 0 Å². The Bertz CT molecular complexity index is 516. The molecular formula is C15H19BrN2O3. The zero-order valence-corrected chi connectivity index (χ0v) is 13.5. The highest BCUT2D eigenvalue weighted by molar-refractivity contribution is 9.09. The minimum absolute atomic E-state index is 0.245. The third kappa shape index (κ3) is 3.49.